The Hall–Kier alpha value is -0.640. The summed E-state index contributed by atoms with van der Waals surface area (Å²) in [6.07, 6.45) is 15.7. The topological polar surface area (TPSA) is 43.4 Å². The average Bonchev–Trinajstić information content (AvgIpc) is 3.30. The first-order valence-corrected chi connectivity index (χ1v) is 13.0. The van der Waals surface area contributed by atoms with E-state index in [0.717, 1.165) is 30.6 Å². The van der Waals surface area contributed by atoms with Crippen molar-refractivity contribution in [2.75, 3.05) is 11.9 Å². The second-order valence-electron chi connectivity index (χ2n) is 11.0. The zero-order chi connectivity index (χ0) is 20.2. The van der Waals surface area contributed by atoms with Crippen molar-refractivity contribution in [3.63, 3.8) is 0 Å². The number of cyclic esters (lactones) is 1. The average molecular weight is 463 g/mol. The molecule has 4 aliphatic carbocycles. The number of carbonyl (C=O) groups excluding carboxylic acids is 2. The van der Waals surface area contributed by atoms with Gasteiger partial charge in [-0.25, -0.2) is 4.79 Å². The number of carbonyl (C=O) groups is 2. The lowest BCUT2D eigenvalue weighted by Gasteiger charge is -2.61. The van der Waals surface area contributed by atoms with E-state index in [1.165, 1.54) is 56.9 Å². The summed E-state index contributed by atoms with van der Waals surface area (Å²) in [6.45, 7) is 3.07. The molecule has 0 saturated heterocycles. The highest BCUT2D eigenvalue weighted by molar-refractivity contribution is 9.09. The van der Waals surface area contributed by atoms with Crippen molar-refractivity contribution in [2.45, 2.75) is 77.6 Å². The number of rotatable bonds is 4. The summed E-state index contributed by atoms with van der Waals surface area (Å²) in [7, 11) is 0. The lowest BCUT2D eigenvalue weighted by Crippen LogP contribution is -2.54. The van der Waals surface area contributed by atoms with Gasteiger partial charge in [-0.15, -0.1) is 0 Å². The standard InChI is InChI=1S/C25H35BrO3/c1-24-10-3-2-4-17(24)5-6-19-21(24)9-11-25(13-18(27)14-26)20(7-8-22(19)25)16-12-23(28)29-15-16/h12,17,19-22H,2-11,13-15H2,1H3/t17?,19-,20-,21+,22-,24+,25+/m1/s1. The van der Waals surface area contributed by atoms with Crippen molar-refractivity contribution in [1.29, 1.82) is 0 Å². The molecule has 4 heteroatoms. The molecule has 0 radical (unpaired) electrons. The molecule has 0 bridgehead atoms. The Balaban J connectivity index is 1.49. The molecular weight excluding hydrogens is 428 g/mol. The van der Waals surface area contributed by atoms with Crippen LogP contribution in [0.2, 0.25) is 0 Å². The van der Waals surface area contributed by atoms with Crippen LogP contribution < -0.4 is 0 Å². The second-order valence-corrected chi connectivity index (χ2v) is 11.5. The van der Waals surface area contributed by atoms with Gasteiger partial charge in [0.25, 0.3) is 0 Å². The van der Waals surface area contributed by atoms with Crippen molar-refractivity contribution in [3.8, 4) is 0 Å². The lowest BCUT2D eigenvalue weighted by atomic mass is 9.44. The van der Waals surface area contributed by atoms with Crippen LogP contribution in [-0.2, 0) is 14.3 Å². The monoisotopic (exact) mass is 462 g/mol. The minimum absolute atomic E-state index is 0.0592. The first-order chi connectivity index (χ1) is 14.0. The number of hydrogen-bond donors (Lipinski definition) is 0. The number of ketones is 1. The Morgan fingerprint density at radius 3 is 2.72 bits per heavy atom. The number of Topliss-reactive ketones (excluding diaryl/α,β-unsaturated/α-hetero) is 1. The van der Waals surface area contributed by atoms with Crippen molar-refractivity contribution in [2.24, 2.45) is 40.4 Å². The third-order valence-electron chi connectivity index (χ3n) is 10.1. The molecule has 4 fully saturated rings. The fourth-order valence-electron chi connectivity index (χ4n) is 9.01. The summed E-state index contributed by atoms with van der Waals surface area (Å²) in [5.74, 6) is 3.70. The molecule has 5 aliphatic rings. The minimum atomic E-state index is -0.186. The van der Waals surface area contributed by atoms with E-state index in [-0.39, 0.29) is 11.4 Å². The molecule has 0 aromatic heterocycles. The predicted molar refractivity (Wildman–Crippen MR) is 117 cm³/mol. The van der Waals surface area contributed by atoms with E-state index in [1.807, 2.05) is 0 Å². The van der Waals surface area contributed by atoms with Gasteiger partial charge in [0, 0.05) is 12.5 Å². The van der Waals surface area contributed by atoms with Crippen LogP contribution in [0.5, 0.6) is 0 Å². The van der Waals surface area contributed by atoms with Crippen LogP contribution in [0.15, 0.2) is 11.6 Å². The number of alkyl halides is 1. The van der Waals surface area contributed by atoms with Gasteiger partial charge in [0.2, 0.25) is 0 Å². The Bertz CT molecular complexity index is 730. The van der Waals surface area contributed by atoms with Gasteiger partial charge in [0.1, 0.15) is 12.4 Å². The molecule has 1 unspecified atom stereocenters. The molecule has 0 aromatic carbocycles. The van der Waals surface area contributed by atoms with E-state index >= 15 is 0 Å². The molecule has 1 heterocycles. The van der Waals surface area contributed by atoms with Gasteiger partial charge in [0.15, 0.2) is 0 Å². The van der Waals surface area contributed by atoms with Gasteiger partial charge in [-0.05, 0) is 97.4 Å². The molecule has 3 nitrogen and oxygen atoms in total. The quantitative estimate of drug-likeness (QED) is 0.388. The molecule has 0 N–H and O–H groups in total. The normalized spacial score (nSPS) is 46.3. The van der Waals surface area contributed by atoms with Crippen LogP contribution in [0.4, 0.5) is 0 Å². The van der Waals surface area contributed by atoms with Gasteiger partial charge >= 0.3 is 5.97 Å². The van der Waals surface area contributed by atoms with E-state index < -0.39 is 0 Å². The molecule has 160 valence electrons. The maximum absolute atomic E-state index is 12.7. The zero-order valence-corrected chi connectivity index (χ0v) is 19.3. The van der Waals surface area contributed by atoms with Crippen LogP contribution >= 0.6 is 15.9 Å². The van der Waals surface area contributed by atoms with Crippen LogP contribution in [0, 0.1) is 40.4 Å². The highest BCUT2D eigenvalue weighted by atomic mass is 79.9. The molecule has 0 aromatic rings. The summed E-state index contributed by atoms with van der Waals surface area (Å²) >= 11 is 3.43. The second kappa shape index (κ2) is 7.50. The Morgan fingerprint density at radius 1 is 1.10 bits per heavy atom. The largest absolute Gasteiger partial charge is 0.458 e. The van der Waals surface area contributed by atoms with Crippen LogP contribution in [-0.4, -0.2) is 23.7 Å². The Kier molecular flexibility index (Phi) is 5.24. The minimum Gasteiger partial charge on any atom is -0.458 e. The Labute approximate surface area is 183 Å². The molecular formula is C25H35BrO3. The number of halogens is 1. The molecule has 29 heavy (non-hydrogen) atoms. The smallest absolute Gasteiger partial charge is 0.331 e. The van der Waals surface area contributed by atoms with Gasteiger partial charge in [-0.3, -0.25) is 4.79 Å². The van der Waals surface area contributed by atoms with Crippen LogP contribution in [0.25, 0.3) is 0 Å². The SMILES string of the molecule is C[C@]12CCCCC1CC[C@H]1[C@H]3CC[C@H](C4=CC(=O)OC4)[C@@]3(CC(=O)CBr)CC[C@@H]12. The summed E-state index contributed by atoms with van der Waals surface area (Å²) in [5.41, 5.74) is 1.76. The fraction of sp³-hybridized carbons (Fsp3) is 0.840. The van der Waals surface area contributed by atoms with Crippen molar-refractivity contribution < 1.29 is 14.3 Å². The highest BCUT2D eigenvalue weighted by Gasteiger charge is 2.62. The van der Waals surface area contributed by atoms with Crippen LogP contribution in [0.1, 0.15) is 77.6 Å². The van der Waals surface area contributed by atoms with Crippen molar-refractivity contribution in [3.05, 3.63) is 11.6 Å². The van der Waals surface area contributed by atoms with E-state index in [2.05, 4.69) is 22.9 Å². The first kappa shape index (κ1) is 20.3. The maximum atomic E-state index is 12.7. The van der Waals surface area contributed by atoms with Gasteiger partial charge in [0.05, 0.1) is 5.33 Å². The molecule has 5 rings (SSSR count). The predicted octanol–water partition coefficient (Wildman–Crippen LogP) is 5.85. The molecule has 0 amide bonds. The number of esters is 1. The summed E-state index contributed by atoms with van der Waals surface area (Å²) < 4.78 is 5.30. The first-order valence-electron chi connectivity index (χ1n) is 11.9. The zero-order valence-electron chi connectivity index (χ0n) is 17.8. The number of ether oxygens (including phenoxy) is 1. The molecule has 7 atom stereocenters. The van der Waals surface area contributed by atoms with E-state index in [0.29, 0.717) is 41.4 Å². The van der Waals surface area contributed by atoms with Gasteiger partial charge in [-0.1, -0.05) is 35.7 Å². The summed E-state index contributed by atoms with van der Waals surface area (Å²) in [6, 6.07) is 0. The van der Waals surface area contributed by atoms with Crippen molar-refractivity contribution in [1.82, 2.24) is 0 Å². The number of fused-ring (bicyclic) bond motifs is 5. The van der Waals surface area contributed by atoms with Crippen LogP contribution in [0.3, 0.4) is 0 Å². The molecule has 1 aliphatic heterocycles. The fourth-order valence-corrected chi connectivity index (χ4v) is 9.21. The van der Waals surface area contributed by atoms with Gasteiger partial charge in [-0.2, -0.15) is 0 Å². The molecule has 4 saturated carbocycles. The summed E-state index contributed by atoms with van der Waals surface area (Å²) in [5, 5.41) is 0.455. The molecule has 0 spiro atoms. The number of hydrogen-bond acceptors (Lipinski definition) is 3. The highest BCUT2D eigenvalue weighted by Crippen LogP contribution is 2.69. The van der Waals surface area contributed by atoms with E-state index in [4.69, 9.17) is 4.74 Å². The lowest BCUT2D eigenvalue weighted by molar-refractivity contribution is -0.136. The van der Waals surface area contributed by atoms with E-state index in [1.54, 1.807) is 6.08 Å². The third kappa shape index (κ3) is 3.10. The van der Waals surface area contributed by atoms with Gasteiger partial charge < -0.3 is 4.74 Å². The van der Waals surface area contributed by atoms with Crippen molar-refractivity contribution >= 4 is 27.7 Å². The maximum Gasteiger partial charge on any atom is 0.331 e. The summed E-state index contributed by atoms with van der Waals surface area (Å²) in [4.78, 5) is 24.5. The van der Waals surface area contributed by atoms with E-state index in [9.17, 15) is 9.59 Å². The Morgan fingerprint density at radius 2 is 1.97 bits per heavy atom. The third-order valence-corrected chi connectivity index (χ3v) is 10.7.